The van der Waals surface area contributed by atoms with Gasteiger partial charge in [0.05, 0.1) is 35.5 Å². The fraction of sp³-hybridized carbons (Fsp3) is 0.737. The number of aromatic nitrogens is 2. The van der Waals surface area contributed by atoms with Crippen molar-refractivity contribution in [3.63, 3.8) is 0 Å². The molecule has 4 aliphatic rings. The Balaban J connectivity index is 0.888. The summed E-state index contributed by atoms with van der Waals surface area (Å²) in [6, 6.07) is 7.40. The van der Waals surface area contributed by atoms with Crippen LogP contribution in [0.15, 0.2) is 44.9 Å². The van der Waals surface area contributed by atoms with Crippen LogP contribution in [0, 0.1) is 51.5 Å². The Morgan fingerprint density at radius 2 is 1.75 bits per heavy atom. The molecule has 1 aromatic heterocycles. The summed E-state index contributed by atoms with van der Waals surface area (Å²) >= 11 is 0. The lowest BCUT2D eigenvalue weighted by atomic mass is 9.43. The minimum absolute atomic E-state index is 0.00375. The van der Waals surface area contributed by atoms with E-state index in [2.05, 4.69) is 35.9 Å². The van der Waals surface area contributed by atoms with Gasteiger partial charge >= 0.3 is 16.9 Å². The van der Waals surface area contributed by atoms with Crippen molar-refractivity contribution in [2.24, 2.45) is 46.3 Å². The van der Waals surface area contributed by atoms with E-state index >= 15 is 0 Å². The van der Waals surface area contributed by atoms with Crippen molar-refractivity contribution < 1.29 is 47.2 Å². The third kappa shape index (κ3) is 7.57. The topological polar surface area (TPSA) is 192 Å². The van der Waals surface area contributed by atoms with Gasteiger partial charge in [-0.3, -0.25) is 14.2 Å². The molecule has 4 fully saturated rings. The van der Waals surface area contributed by atoms with Crippen LogP contribution in [0.4, 0.5) is 0 Å². The number of aliphatic hydroxyl groups excluding tert-OH is 2. The summed E-state index contributed by atoms with van der Waals surface area (Å²) in [5.74, 6) is 1.32. The summed E-state index contributed by atoms with van der Waals surface area (Å²) in [6.07, 6.45) is 9.33. The zero-order valence-corrected chi connectivity index (χ0v) is 31.4. The van der Waals surface area contributed by atoms with Crippen molar-refractivity contribution in [3.05, 3.63) is 35.5 Å². The quantitative estimate of drug-likeness (QED) is 0.141. The average molecular weight is 746 g/mol. The third-order valence-electron chi connectivity index (χ3n) is 13.6. The lowest BCUT2D eigenvalue weighted by Gasteiger charge is -2.62. The molecule has 52 heavy (non-hydrogen) atoms. The predicted octanol–water partition coefficient (Wildman–Crippen LogP) is 4.37. The second-order valence-electron chi connectivity index (χ2n) is 16.4. The number of amides is 1. The van der Waals surface area contributed by atoms with Crippen molar-refractivity contribution in [2.45, 2.75) is 120 Å². The van der Waals surface area contributed by atoms with Gasteiger partial charge in [-0.25, -0.2) is 8.42 Å². The van der Waals surface area contributed by atoms with Crippen molar-refractivity contribution >= 4 is 21.7 Å². The molecular weight excluding hydrogens is 690 g/mol. The van der Waals surface area contributed by atoms with Crippen LogP contribution in [-0.4, -0.2) is 67.6 Å². The number of carbonyl (C=O) groups excluding carboxylic acids is 2. The normalized spacial score (nSPS) is 33.3. The maximum absolute atomic E-state index is 12.9. The Morgan fingerprint density at radius 3 is 2.52 bits per heavy atom. The number of ether oxygens (including phenoxy) is 2. The molecule has 0 spiro atoms. The Labute approximate surface area is 306 Å². The number of hydrogen-bond donors (Lipinski definition) is 3. The number of fused-ring (bicyclic) bond motifs is 5. The van der Waals surface area contributed by atoms with Crippen LogP contribution in [0.25, 0.3) is 0 Å². The first-order valence-electron chi connectivity index (χ1n) is 19.1. The highest BCUT2D eigenvalue weighted by molar-refractivity contribution is 7.91. The molecule has 1 aromatic carbocycles. The van der Waals surface area contributed by atoms with Gasteiger partial charge in [-0.15, -0.1) is 0 Å². The van der Waals surface area contributed by atoms with Gasteiger partial charge in [-0.2, -0.15) is 0 Å². The highest BCUT2D eigenvalue weighted by Gasteiger charge is 2.62. The van der Waals surface area contributed by atoms with Gasteiger partial charge in [0, 0.05) is 6.42 Å². The Kier molecular flexibility index (Phi) is 11.6. The smallest absolute Gasteiger partial charge is 0.414 e. The first kappa shape index (κ1) is 38.5. The van der Waals surface area contributed by atoms with E-state index < -0.39 is 26.7 Å². The summed E-state index contributed by atoms with van der Waals surface area (Å²) in [5, 5.41) is 39.2. The molecule has 0 aliphatic heterocycles. The molecule has 4 saturated carbocycles. The zero-order valence-electron chi connectivity index (χ0n) is 30.6. The number of esters is 1. The van der Waals surface area contributed by atoms with Crippen LogP contribution < -0.4 is 15.0 Å². The van der Waals surface area contributed by atoms with E-state index in [0.717, 1.165) is 57.8 Å². The van der Waals surface area contributed by atoms with Crippen molar-refractivity contribution in [1.82, 2.24) is 10.5 Å². The highest BCUT2D eigenvalue weighted by Crippen LogP contribution is 2.68. The molecule has 0 bridgehead atoms. The molecule has 4 aliphatic carbocycles. The van der Waals surface area contributed by atoms with Crippen LogP contribution in [-0.2, 0) is 24.2 Å². The summed E-state index contributed by atoms with van der Waals surface area (Å²) in [7, 11) is -4.21. The number of benzene rings is 1. The fourth-order valence-corrected chi connectivity index (χ4v) is 12.1. The monoisotopic (exact) mass is 745 g/mol. The van der Waals surface area contributed by atoms with Crippen molar-refractivity contribution in [3.8, 4) is 5.88 Å². The first-order chi connectivity index (χ1) is 24.8. The van der Waals surface area contributed by atoms with Gasteiger partial charge < -0.3 is 30.2 Å². The van der Waals surface area contributed by atoms with Gasteiger partial charge in [0.15, 0.2) is 0 Å². The van der Waals surface area contributed by atoms with Crippen LogP contribution in [0.1, 0.15) is 97.8 Å². The third-order valence-corrected chi connectivity index (χ3v) is 15.3. The van der Waals surface area contributed by atoms with E-state index in [1.165, 1.54) is 24.3 Å². The molecule has 1 heterocycles. The zero-order chi connectivity index (χ0) is 37.3. The Morgan fingerprint density at radius 1 is 1.04 bits per heavy atom. The maximum atomic E-state index is 12.9. The van der Waals surface area contributed by atoms with E-state index in [4.69, 9.17) is 9.47 Å². The summed E-state index contributed by atoms with van der Waals surface area (Å²) < 4.78 is 40.8. The number of aliphatic hydroxyl groups is 2. The number of hydrogen-bond acceptors (Lipinski definition) is 11. The van der Waals surface area contributed by atoms with Crippen molar-refractivity contribution in [2.75, 3.05) is 19.8 Å². The van der Waals surface area contributed by atoms with E-state index in [1.807, 2.05) is 0 Å². The molecular formula is C38H55N3O10S. The van der Waals surface area contributed by atoms with Crippen LogP contribution in [0.2, 0.25) is 0 Å². The molecule has 10 atom stereocenters. The van der Waals surface area contributed by atoms with Crippen LogP contribution in [0.5, 0.6) is 5.88 Å². The summed E-state index contributed by atoms with van der Waals surface area (Å²) in [5.41, 5.74) is 0.337. The minimum atomic E-state index is -4.21. The minimum Gasteiger partial charge on any atom is -0.464 e. The molecule has 0 saturated heterocycles. The first-order valence-corrected chi connectivity index (χ1v) is 20.5. The molecule has 288 valence electrons. The molecule has 2 aromatic rings. The van der Waals surface area contributed by atoms with Gasteiger partial charge in [0.2, 0.25) is 5.91 Å². The lowest BCUT2D eigenvalue weighted by molar-refractivity contribution is -0.832. The van der Waals surface area contributed by atoms with E-state index in [1.54, 1.807) is 6.07 Å². The molecule has 14 heteroatoms. The number of rotatable bonds is 14. The summed E-state index contributed by atoms with van der Waals surface area (Å²) in [6.45, 7) is 6.96. The second-order valence-corrected chi connectivity index (χ2v) is 18.2. The number of carbonyl (C=O) groups is 2. The molecule has 13 nitrogen and oxygen atoms in total. The standard InChI is InChI=1S/C38H55N3O10S/c1-24(28-12-13-29-34-30(16-18-38(28,29)3)37(2)17-15-26(42)21-25(37)22-31(34)43)11-14-32(44)39-23-33(45)49-19-7-8-20-50-35-36(41(46)51-40-35)52(47,48)27-9-5-4-6-10-27/h4-6,9-10,24-26,28-31,34,42-43H,7-8,11-23H2,1-3H3,(H,39,44)/t24-,25+,26-,28-,29+,30+,31+,34?,37+,38-/m1/s1. The molecule has 1 unspecified atom stereocenters. The summed E-state index contributed by atoms with van der Waals surface area (Å²) in [4.78, 5) is 24.7. The van der Waals surface area contributed by atoms with Gasteiger partial charge in [0.25, 0.3) is 9.84 Å². The fourth-order valence-electron chi connectivity index (χ4n) is 10.8. The SMILES string of the molecule is C[C@H](CCC(=O)NCC(=O)OCCCCOc1no[n+]([O-])c1S(=O)(=O)c1ccccc1)[C@H]1CC[C@H]2C3[C@@H](O)C[C@@H]4C[C@H](O)CC[C@]4(C)[C@H]3CC[C@]12C. The number of sulfone groups is 1. The largest absolute Gasteiger partial charge is 0.464 e. The number of nitrogens with one attached hydrogen (secondary N) is 1. The number of nitrogens with zero attached hydrogens (tertiary/aromatic N) is 2. The Bertz CT molecular complexity index is 1670. The van der Waals surface area contributed by atoms with Gasteiger partial charge in [-0.1, -0.05) is 39.0 Å². The maximum Gasteiger partial charge on any atom is 0.414 e. The number of unbranched alkanes of at least 4 members (excludes halogenated alkanes) is 1. The van der Waals surface area contributed by atoms with E-state index in [9.17, 15) is 33.4 Å². The molecule has 6 rings (SSSR count). The molecule has 0 radical (unpaired) electrons. The van der Waals surface area contributed by atoms with E-state index in [-0.39, 0.29) is 58.5 Å². The van der Waals surface area contributed by atoms with Crippen LogP contribution in [0.3, 0.4) is 0 Å². The van der Waals surface area contributed by atoms with Gasteiger partial charge in [0.1, 0.15) is 6.54 Å². The predicted molar refractivity (Wildman–Crippen MR) is 187 cm³/mol. The van der Waals surface area contributed by atoms with Gasteiger partial charge in [-0.05, 0) is 134 Å². The Hall–Kier alpha value is -3.23. The van der Waals surface area contributed by atoms with E-state index in [0.29, 0.717) is 54.8 Å². The average Bonchev–Trinajstić information content (AvgIpc) is 3.68. The van der Waals surface area contributed by atoms with Crippen LogP contribution >= 0.6 is 0 Å². The lowest BCUT2D eigenvalue weighted by Crippen LogP contribution is -2.58. The van der Waals surface area contributed by atoms with Crippen molar-refractivity contribution in [1.29, 1.82) is 0 Å². The highest BCUT2D eigenvalue weighted by atomic mass is 32.2. The second kappa shape index (κ2) is 15.6. The molecule has 3 N–H and O–H groups in total. The molecule has 1 amide bonds.